The number of anilines is 1. The first-order chi connectivity index (χ1) is 8.83. The van der Waals surface area contributed by atoms with Gasteiger partial charge in [-0.05, 0) is 30.9 Å². The number of rotatable bonds is 2. The first-order valence-corrected chi connectivity index (χ1v) is 6.35. The number of hydrogen-bond donors (Lipinski definition) is 0. The van der Waals surface area contributed by atoms with Gasteiger partial charge in [0.05, 0.1) is 0 Å². The van der Waals surface area contributed by atoms with E-state index in [0.29, 0.717) is 11.9 Å². The molecule has 1 fully saturated rings. The van der Waals surface area contributed by atoms with Gasteiger partial charge in [-0.15, -0.1) is 0 Å². The lowest BCUT2D eigenvalue weighted by molar-refractivity contribution is 0.566. The molecule has 0 radical (unpaired) electrons. The van der Waals surface area contributed by atoms with Gasteiger partial charge < -0.3 is 4.90 Å². The Morgan fingerprint density at radius 1 is 1.00 bits per heavy atom. The van der Waals surface area contributed by atoms with E-state index in [1.54, 1.807) is 23.3 Å². The number of halogens is 1. The summed E-state index contributed by atoms with van der Waals surface area (Å²) in [6, 6.07) is 0. The van der Waals surface area contributed by atoms with E-state index in [4.69, 9.17) is 11.6 Å². The SMILES string of the molecule is Clc1nc(N2CCCCC2)nc(-n2ccnc2)n1. The molecule has 0 aromatic carbocycles. The van der Waals surface area contributed by atoms with E-state index < -0.39 is 0 Å². The van der Waals surface area contributed by atoms with Crippen LogP contribution in [0.1, 0.15) is 19.3 Å². The normalized spacial score (nSPS) is 15.9. The van der Waals surface area contributed by atoms with Crippen LogP contribution in [0.3, 0.4) is 0 Å². The number of piperidine rings is 1. The molecule has 94 valence electrons. The van der Waals surface area contributed by atoms with Crippen molar-refractivity contribution in [2.45, 2.75) is 19.3 Å². The molecule has 0 atom stereocenters. The average Bonchev–Trinajstić information content (AvgIpc) is 2.93. The van der Waals surface area contributed by atoms with E-state index in [1.807, 2.05) is 0 Å². The molecule has 1 saturated heterocycles. The summed E-state index contributed by atoms with van der Waals surface area (Å²) in [6.07, 6.45) is 8.71. The Balaban J connectivity index is 1.95. The van der Waals surface area contributed by atoms with Crippen LogP contribution >= 0.6 is 11.6 Å². The maximum Gasteiger partial charge on any atom is 0.241 e. The molecule has 0 amide bonds. The first-order valence-electron chi connectivity index (χ1n) is 5.98. The van der Waals surface area contributed by atoms with Crippen LogP contribution in [0.4, 0.5) is 5.95 Å². The quantitative estimate of drug-likeness (QED) is 0.826. The highest BCUT2D eigenvalue weighted by molar-refractivity contribution is 6.28. The molecule has 7 heteroatoms. The second-order valence-electron chi connectivity index (χ2n) is 4.22. The smallest absolute Gasteiger partial charge is 0.241 e. The minimum absolute atomic E-state index is 0.217. The van der Waals surface area contributed by atoms with Gasteiger partial charge in [-0.3, -0.25) is 4.57 Å². The molecule has 2 aromatic heterocycles. The topological polar surface area (TPSA) is 59.7 Å². The Hall–Kier alpha value is -1.69. The molecule has 18 heavy (non-hydrogen) atoms. The van der Waals surface area contributed by atoms with E-state index >= 15 is 0 Å². The number of imidazole rings is 1. The maximum absolute atomic E-state index is 5.96. The third-order valence-electron chi connectivity index (χ3n) is 2.96. The Labute approximate surface area is 110 Å². The van der Waals surface area contributed by atoms with E-state index in [2.05, 4.69) is 24.8 Å². The van der Waals surface area contributed by atoms with Crippen molar-refractivity contribution in [1.29, 1.82) is 0 Å². The molecule has 3 rings (SSSR count). The number of aromatic nitrogens is 5. The molecule has 6 nitrogen and oxygen atoms in total. The maximum atomic E-state index is 5.96. The summed E-state index contributed by atoms with van der Waals surface area (Å²) >= 11 is 5.96. The van der Waals surface area contributed by atoms with Crippen LogP contribution in [0.15, 0.2) is 18.7 Å². The van der Waals surface area contributed by atoms with Gasteiger partial charge in [-0.2, -0.15) is 15.0 Å². The fraction of sp³-hybridized carbons (Fsp3) is 0.455. The monoisotopic (exact) mass is 264 g/mol. The highest BCUT2D eigenvalue weighted by Crippen LogP contribution is 2.18. The van der Waals surface area contributed by atoms with Gasteiger partial charge in [0.25, 0.3) is 0 Å². The van der Waals surface area contributed by atoms with Crippen molar-refractivity contribution in [2.75, 3.05) is 18.0 Å². The van der Waals surface area contributed by atoms with Crippen molar-refractivity contribution in [3.05, 3.63) is 24.0 Å². The zero-order valence-corrected chi connectivity index (χ0v) is 10.6. The summed E-state index contributed by atoms with van der Waals surface area (Å²) < 4.78 is 1.72. The van der Waals surface area contributed by atoms with Gasteiger partial charge in [-0.1, -0.05) is 0 Å². The lowest BCUT2D eigenvalue weighted by Gasteiger charge is -2.26. The second kappa shape index (κ2) is 4.89. The lowest BCUT2D eigenvalue weighted by atomic mass is 10.1. The summed E-state index contributed by atoms with van der Waals surface area (Å²) in [5.74, 6) is 1.16. The molecule has 0 spiro atoms. The zero-order chi connectivity index (χ0) is 12.4. The summed E-state index contributed by atoms with van der Waals surface area (Å²) in [5.41, 5.74) is 0. The Morgan fingerprint density at radius 2 is 1.78 bits per heavy atom. The van der Waals surface area contributed by atoms with Crippen molar-refractivity contribution in [3.8, 4) is 5.95 Å². The van der Waals surface area contributed by atoms with Crippen molar-refractivity contribution >= 4 is 17.5 Å². The third kappa shape index (κ3) is 2.28. The van der Waals surface area contributed by atoms with E-state index in [1.165, 1.54) is 19.3 Å². The molecule has 0 saturated carbocycles. The van der Waals surface area contributed by atoms with Gasteiger partial charge in [-0.25, -0.2) is 4.98 Å². The predicted molar refractivity (Wildman–Crippen MR) is 68.0 cm³/mol. The number of nitrogens with zero attached hydrogens (tertiary/aromatic N) is 6. The van der Waals surface area contributed by atoms with Crippen LogP contribution < -0.4 is 4.90 Å². The fourth-order valence-corrected chi connectivity index (χ4v) is 2.21. The van der Waals surface area contributed by atoms with Crippen molar-refractivity contribution in [1.82, 2.24) is 24.5 Å². The van der Waals surface area contributed by atoms with Crippen LogP contribution in [0, 0.1) is 0 Å². The minimum atomic E-state index is 0.217. The van der Waals surface area contributed by atoms with Crippen LogP contribution in [0.5, 0.6) is 0 Å². The van der Waals surface area contributed by atoms with E-state index in [9.17, 15) is 0 Å². The molecule has 3 heterocycles. The molecule has 0 aliphatic carbocycles. The van der Waals surface area contributed by atoms with Crippen LogP contribution in [0.25, 0.3) is 5.95 Å². The molecule has 1 aliphatic rings. The summed E-state index contributed by atoms with van der Waals surface area (Å²) in [5, 5.41) is 0.217. The highest BCUT2D eigenvalue weighted by atomic mass is 35.5. The molecular formula is C11H13ClN6. The molecule has 2 aromatic rings. The molecular weight excluding hydrogens is 252 g/mol. The molecule has 0 unspecified atom stereocenters. The van der Waals surface area contributed by atoms with Crippen LogP contribution in [0.2, 0.25) is 5.28 Å². The standard InChI is InChI=1S/C11H13ClN6/c12-9-14-10(17-5-2-1-3-6-17)16-11(15-9)18-7-4-13-8-18/h4,7-8H,1-3,5-6H2. The fourth-order valence-electron chi connectivity index (χ4n) is 2.06. The number of hydrogen-bond acceptors (Lipinski definition) is 5. The van der Waals surface area contributed by atoms with Crippen molar-refractivity contribution < 1.29 is 0 Å². The summed E-state index contributed by atoms with van der Waals surface area (Å²) in [4.78, 5) is 18.9. The largest absolute Gasteiger partial charge is 0.341 e. The van der Waals surface area contributed by atoms with Crippen molar-refractivity contribution in [2.24, 2.45) is 0 Å². The van der Waals surface area contributed by atoms with Gasteiger partial charge in [0, 0.05) is 25.5 Å². The lowest BCUT2D eigenvalue weighted by Crippen LogP contribution is -2.31. The van der Waals surface area contributed by atoms with Gasteiger partial charge in [0.2, 0.25) is 17.2 Å². The van der Waals surface area contributed by atoms with Gasteiger partial charge >= 0.3 is 0 Å². The second-order valence-corrected chi connectivity index (χ2v) is 4.56. The van der Waals surface area contributed by atoms with Gasteiger partial charge in [0.15, 0.2) is 0 Å². The molecule has 0 N–H and O–H groups in total. The van der Waals surface area contributed by atoms with Gasteiger partial charge in [0.1, 0.15) is 6.33 Å². The Bertz CT molecular complexity index is 520. The highest BCUT2D eigenvalue weighted by Gasteiger charge is 2.16. The summed E-state index contributed by atoms with van der Waals surface area (Å²) in [7, 11) is 0. The first kappa shape index (κ1) is 11.4. The molecule has 1 aliphatic heterocycles. The summed E-state index contributed by atoms with van der Waals surface area (Å²) in [6.45, 7) is 1.95. The predicted octanol–water partition coefficient (Wildman–Crippen LogP) is 1.70. The average molecular weight is 265 g/mol. The Kier molecular flexibility index (Phi) is 3.10. The van der Waals surface area contributed by atoms with Crippen LogP contribution in [-0.2, 0) is 0 Å². The van der Waals surface area contributed by atoms with E-state index in [-0.39, 0.29) is 5.28 Å². The molecule has 0 bridgehead atoms. The zero-order valence-electron chi connectivity index (χ0n) is 9.83. The van der Waals surface area contributed by atoms with Crippen molar-refractivity contribution in [3.63, 3.8) is 0 Å². The Morgan fingerprint density at radius 3 is 2.50 bits per heavy atom. The minimum Gasteiger partial charge on any atom is -0.341 e. The third-order valence-corrected chi connectivity index (χ3v) is 3.13. The van der Waals surface area contributed by atoms with E-state index in [0.717, 1.165) is 13.1 Å². The van der Waals surface area contributed by atoms with Crippen LogP contribution in [-0.4, -0.2) is 37.6 Å².